The summed E-state index contributed by atoms with van der Waals surface area (Å²) >= 11 is 0. The number of methoxy groups -OCH3 is 1. The Morgan fingerprint density at radius 2 is 2.04 bits per heavy atom. The normalized spacial score (nSPS) is 12.7. The van der Waals surface area contributed by atoms with E-state index in [9.17, 15) is 4.79 Å². The van der Waals surface area contributed by atoms with Crippen molar-refractivity contribution in [3.63, 3.8) is 0 Å². The third-order valence-corrected chi connectivity index (χ3v) is 4.39. The number of nitrogens with one attached hydrogen (secondary N) is 1. The molecule has 0 saturated carbocycles. The highest BCUT2D eigenvalue weighted by Crippen LogP contribution is 2.22. The molecule has 3 rings (SSSR count). The molecular formula is C19H25N5O2. The standard InChI is InChI=1S/C19H25N5O2/c1-13(2)19-22-14-7-5-6-8-17(14)24(19)11-18(25)21-15(12-26-4)16-9-10-20-23(16)3/h5-10,13,15H,11-12H2,1-4H3,(H,21,25). The lowest BCUT2D eigenvalue weighted by Crippen LogP contribution is -2.35. The predicted octanol–water partition coefficient (Wildman–Crippen LogP) is 2.40. The average Bonchev–Trinajstić information content (AvgIpc) is 3.19. The number of imidazole rings is 1. The molecule has 2 heterocycles. The lowest BCUT2D eigenvalue weighted by atomic mass is 10.2. The van der Waals surface area contributed by atoms with Crippen molar-refractivity contribution in [2.75, 3.05) is 13.7 Å². The fourth-order valence-electron chi connectivity index (χ4n) is 3.18. The lowest BCUT2D eigenvalue weighted by molar-refractivity contribution is -0.122. The Balaban J connectivity index is 1.84. The van der Waals surface area contributed by atoms with E-state index in [1.54, 1.807) is 18.0 Å². The van der Waals surface area contributed by atoms with Crippen molar-refractivity contribution in [1.82, 2.24) is 24.6 Å². The van der Waals surface area contributed by atoms with E-state index in [1.165, 1.54) is 0 Å². The zero-order chi connectivity index (χ0) is 18.7. The molecule has 26 heavy (non-hydrogen) atoms. The van der Waals surface area contributed by atoms with E-state index >= 15 is 0 Å². The summed E-state index contributed by atoms with van der Waals surface area (Å²) in [7, 11) is 3.47. The van der Waals surface area contributed by atoms with Gasteiger partial charge in [0.25, 0.3) is 0 Å². The summed E-state index contributed by atoms with van der Waals surface area (Å²) in [6.45, 7) is 4.76. The second kappa shape index (κ2) is 7.70. The number of hydrogen-bond donors (Lipinski definition) is 1. The molecule has 0 spiro atoms. The molecule has 2 aromatic heterocycles. The molecule has 0 radical (unpaired) electrons. The highest BCUT2D eigenvalue weighted by molar-refractivity contribution is 5.81. The van der Waals surface area contributed by atoms with Crippen molar-refractivity contribution in [3.8, 4) is 0 Å². The number of benzene rings is 1. The van der Waals surface area contributed by atoms with Crippen LogP contribution in [0.2, 0.25) is 0 Å². The van der Waals surface area contributed by atoms with E-state index < -0.39 is 0 Å². The summed E-state index contributed by atoms with van der Waals surface area (Å²) in [6.07, 6.45) is 1.71. The number of hydrogen-bond acceptors (Lipinski definition) is 4. The quantitative estimate of drug-likeness (QED) is 0.706. The van der Waals surface area contributed by atoms with Gasteiger partial charge in [-0.25, -0.2) is 4.98 Å². The van der Waals surface area contributed by atoms with E-state index in [4.69, 9.17) is 4.74 Å². The van der Waals surface area contributed by atoms with Crippen molar-refractivity contribution in [1.29, 1.82) is 0 Å². The number of ether oxygens (including phenoxy) is 1. The maximum Gasteiger partial charge on any atom is 0.240 e. The van der Waals surface area contributed by atoms with Gasteiger partial charge in [-0.3, -0.25) is 9.48 Å². The van der Waals surface area contributed by atoms with Gasteiger partial charge in [0.05, 0.1) is 29.4 Å². The van der Waals surface area contributed by atoms with Gasteiger partial charge in [-0.05, 0) is 18.2 Å². The molecule has 0 aliphatic rings. The molecule has 0 fully saturated rings. The van der Waals surface area contributed by atoms with Crippen LogP contribution in [0.4, 0.5) is 0 Å². The maximum absolute atomic E-state index is 12.8. The summed E-state index contributed by atoms with van der Waals surface area (Å²) in [5.41, 5.74) is 2.78. The minimum absolute atomic E-state index is 0.0849. The van der Waals surface area contributed by atoms with Gasteiger partial charge in [-0.1, -0.05) is 26.0 Å². The topological polar surface area (TPSA) is 74.0 Å². The van der Waals surface area contributed by atoms with Gasteiger partial charge in [0.1, 0.15) is 12.4 Å². The molecule has 0 saturated heterocycles. The van der Waals surface area contributed by atoms with Crippen LogP contribution >= 0.6 is 0 Å². The third-order valence-electron chi connectivity index (χ3n) is 4.39. The van der Waals surface area contributed by atoms with Crippen LogP contribution in [0, 0.1) is 0 Å². The molecule has 1 atom stereocenters. The number of aryl methyl sites for hydroxylation is 1. The van der Waals surface area contributed by atoms with E-state index in [0.717, 1.165) is 22.6 Å². The van der Waals surface area contributed by atoms with Crippen molar-refractivity contribution in [2.24, 2.45) is 7.05 Å². The largest absolute Gasteiger partial charge is 0.382 e. The highest BCUT2D eigenvalue weighted by atomic mass is 16.5. The van der Waals surface area contributed by atoms with E-state index in [2.05, 4.69) is 29.2 Å². The molecule has 1 unspecified atom stereocenters. The summed E-state index contributed by atoms with van der Waals surface area (Å²) in [6, 6.07) is 9.52. The molecule has 3 aromatic rings. The molecule has 1 N–H and O–H groups in total. The van der Waals surface area contributed by atoms with Gasteiger partial charge >= 0.3 is 0 Å². The van der Waals surface area contributed by atoms with E-state index in [1.807, 2.05) is 41.9 Å². The molecule has 1 amide bonds. The molecule has 7 nitrogen and oxygen atoms in total. The van der Waals surface area contributed by atoms with Crippen LogP contribution in [0.1, 0.15) is 37.3 Å². The Labute approximate surface area is 153 Å². The van der Waals surface area contributed by atoms with Gasteiger partial charge in [-0.2, -0.15) is 5.10 Å². The van der Waals surface area contributed by atoms with Crippen LogP contribution in [-0.4, -0.2) is 39.0 Å². The monoisotopic (exact) mass is 355 g/mol. The first kappa shape index (κ1) is 18.1. The Morgan fingerprint density at radius 1 is 1.27 bits per heavy atom. The Morgan fingerprint density at radius 3 is 2.69 bits per heavy atom. The smallest absolute Gasteiger partial charge is 0.240 e. The molecule has 7 heteroatoms. The van der Waals surface area contributed by atoms with Crippen LogP contribution < -0.4 is 5.32 Å². The molecule has 0 bridgehead atoms. The second-order valence-electron chi connectivity index (χ2n) is 6.65. The fourth-order valence-corrected chi connectivity index (χ4v) is 3.18. The van der Waals surface area contributed by atoms with Gasteiger partial charge in [0.2, 0.25) is 5.91 Å². The van der Waals surface area contributed by atoms with Crippen molar-refractivity contribution in [3.05, 3.63) is 48.0 Å². The van der Waals surface area contributed by atoms with Gasteiger partial charge in [-0.15, -0.1) is 0 Å². The average molecular weight is 355 g/mol. The van der Waals surface area contributed by atoms with Crippen molar-refractivity contribution in [2.45, 2.75) is 32.4 Å². The second-order valence-corrected chi connectivity index (χ2v) is 6.65. The van der Waals surface area contributed by atoms with Gasteiger partial charge < -0.3 is 14.6 Å². The van der Waals surface area contributed by atoms with Crippen molar-refractivity contribution < 1.29 is 9.53 Å². The number of rotatable bonds is 7. The predicted molar refractivity (Wildman–Crippen MR) is 99.8 cm³/mol. The van der Waals surface area contributed by atoms with Crippen LogP contribution in [0.5, 0.6) is 0 Å². The van der Waals surface area contributed by atoms with Gasteiger partial charge in [0, 0.05) is 26.3 Å². The zero-order valence-electron chi connectivity index (χ0n) is 15.6. The molecule has 138 valence electrons. The minimum atomic E-state index is -0.253. The Bertz CT molecular complexity index is 896. The van der Waals surface area contributed by atoms with E-state index in [0.29, 0.717) is 6.61 Å². The zero-order valence-corrected chi connectivity index (χ0v) is 15.6. The minimum Gasteiger partial charge on any atom is -0.382 e. The summed E-state index contributed by atoms with van der Waals surface area (Å²) in [4.78, 5) is 17.5. The number of para-hydroxylation sites is 2. The van der Waals surface area contributed by atoms with Gasteiger partial charge in [0.15, 0.2) is 0 Å². The molecule has 0 aliphatic heterocycles. The van der Waals surface area contributed by atoms with E-state index in [-0.39, 0.29) is 24.4 Å². The molecule has 0 aliphatic carbocycles. The fraction of sp³-hybridized carbons (Fsp3) is 0.421. The number of carbonyl (C=O) groups is 1. The lowest BCUT2D eigenvalue weighted by Gasteiger charge is -2.19. The van der Waals surface area contributed by atoms with Crippen LogP contribution in [0.3, 0.4) is 0 Å². The summed E-state index contributed by atoms with van der Waals surface area (Å²) in [5, 5.41) is 7.23. The number of carbonyl (C=O) groups excluding carboxylic acids is 1. The first-order valence-corrected chi connectivity index (χ1v) is 8.72. The number of amides is 1. The van der Waals surface area contributed by atoms with Crippen LogP contribution in [0.15, 0.2) is 36.5 Å². The molecular weight excluding hydrogens is 330 g/mol. The highest BCUT2D eigenvalue weighted by Gasteiger charge is 2.20. The summed E-state index contributed by atoms with van der Waals surface area (Å²) in [5.74, 6) is 1.05. The third kappa shape index (κ3) is 3.62. The number of nitrogens with zero attached hydrogens (tertiary/aromatic N) is 4. The number of aromatic nitrogens is 4. The van der Waals surface area contributed by atoms with Crippen LogP contribution in [-0.2, 0) is 23.1 Å². The van der Waals surface area contributed by atoms with Crippen molar-refractivity contribution >= 4 is 16.9 Å². The number of fused-ring (bicyclic) bond motifs is 1. The maximum atomic E-state index is 12.8. The Hall–Kier alpha value is -2.67. The summed E-state index contributed by atoms with van der Waals surface area (Å²) < 4.78 is 9.01. The Kier molecular flexibility index (Phi) is 5.37. The van der Waals surface area contributed by atoms with Crippen LogP contribution in [0.25, 0.3) is 11.0 Å². The first-order valence-electron chi connectivity index (χ1n) is 8.72. The molecule has 1 aromatic carbocycles. The SMILES string of the molecule is COCC(NC(=O)Cn1c(C(C)C)nc2ccccc21)c1ccnn1C. The first-order chi connectivity index (χ1) is 12.5.